The average molecular weight is 340 g/mol. The van der Waals surface area contributed by atoms with Crippen LogP contribution in [0, 0.1) is 0 Å². The molecule has 0 N–H and O–H groups in total. The summed E-state index contributed by atoms with van der Waals surface area (Å²) >= 11 is 6.55. The molecule has 3 rings (SSSR count). The highest BCUT2D eigenvalue weighted by molar-refractivity contribution is 8.27. The van der Waals surface area contributed by atoms with Crippen LogP contribution in [0.25, 0.3) is 6.08 Å². The van der Waals surface area contributed by atoms with Crippen LogP contribution in [0.3, 0.4) is 0 Å². The van der Waals surface area contributed by atoms with Crippen LogP contribution in [0.15, 0.2) is 53.6 Å². The predicted octanol–water partition coefficient (Wildman–Crippen LogP) is 3.69. The van der Waals surface area contributed by atoms with Gasteiger partial charge in [0.2, 0.25) is 0 Å². The Morgan fingerprint density at radius 1 is 1.26 bits per heavy atom. The first-order chi connectivity index (χ1) is 11.1. The monoisotopic (exact) mass is 340 g/mol. The maximum atomic E-state index is 12.6. The van der Waals surface area contributed by atoms with E-state index >= 15 is 0 Å². The third-order valence-electron chi connectivity index (χ3n) is 3.27. The summed E-state index contributed by atoms with van der Waals surface area (Å²) in [5, 5.41) is 0. The third kappa shape index (κ3) is 3.23. The number of nitrogens with zero attached hydrogens (tertiary/aromatic N) is 2. The molecule has 0 bridgehead atoms. The van der Waals surface area contributed by atoms with Gasteiger partial charge in [-0.2, -0.15) is 0 Å². The van der Waals surface area contributed by atoms with Crippen LogP contribution in [0.1, 0.15) is 23.0 Å². The Hall–Kier alpha value is -2.31. The van der Waals surface area contributed by atoms with Crippen molar-refractivity contribution in [2.24, 2.45) is 0 Å². The van der Waals surface area contributed by atoms with E-state index in [2.05, 4.69) is 4.98 Å². The topological polar surface area (TPSA) is 50.3 Å². The average Bonchev–Trinajstić information content (AvgIpc) is 2.82. The van der Waals surface area contributed by atoms with Crippen LogP contribution >= 0.6 is 24.0 Å². The predicted molar refractivity (Wildman–Crippen MR) is 96.3 cm³/mol. The van der Waals surface area contributed by atoms with Gasteiger partial charge in [-0.3, -0.25) is 19.5 Å². The van der Waals surface area contributed by atoms with Gasteiger partial charge in [-0.05, 0) is 37.3 Å². The van der Waals surface area contributed by atoms with Gasteiger partial charge in [-0.15, -0.1) is 0 Å². The molecule has 0 radical (unpaired) electrons. The lowest BCUT2D eigenvalue weighted by Crippen LogP contribution is -2.27. The van der Waals surface area contributed by atoms with Crippen LogP contribution in [0.4, 0.5) is 5.69 Å². The number of aromatic nitrogens is 1. The molecular weight excluding hydrogens is 328 g/mol. The number of thioether (sulfide) groups is 1. The SMILES string of the molecule is CC(=O)c1cccc(N2C(=O)/C(=C\c3ccccn3)SC2=S)c1. The first-order valence-corrected chi connectivity index (χ1v) is 8.09. The van der Waals surface area contributed by atoms with Crippen molar-refractivity contribution in [2.75, 3.05) is 4.90 Å². The summed E-state index contributed by atoms with van der Waals surface area (Å²) in [6.45, 7) is 1.49. The Morgan fingerprint density at radius 3 is 2.78 bits per heavy atom. The molecule has 1 aliphatic heterocycles. The second-order valence-electron chi connectivity index (χ2n) is 4.88. The van der Waals surface area contributed by atoms with E-state index < -0.39 is 0 Å². The molecule has 0 aliphatic carbocycles. The van der Waals surface area contributed by atoms with Crippen molar-refractivity contribution in [3.05, 3.63) is 64.8 Å². The number of anilines is 1. The number of ketones is 1. The number of rotatable bonds is 3. The van der Waals surface area contributed by atoms with E-state index in [0.717, 1.165) is 0 Å². The number of Topliss-reactive ketones (excluding diaryl/α,β-unsaturated/α-hetero) is 1. The fraction of sp³-hybridized carbons (Fsp3) is 0.0588. The lowest BCUT2D eigenvalue weighted by molar-refractivity contribution is -0.113. The number of benzene rings is 1. The van der Waals surface area contributed by atoms with E-state index in [0.29, 0.717) is 26.2 Å². The molecule has 6 heteroatoms. The molecule has 114 valence electrons. The number of carbonyl (C=O) groups excluding carboxylic acids is 2. The van der Waals surface area contributed by atoms with E-state index in [4.69, 9.17) is 12.2 Å². The van der Waals surface area contributed by atoms with Gasteiger partial charge in [0.15, 0.2) is 10.1 Å². The van der Waals surface area contributed by atoms with E-state index in [1.54, 1.807) is 36.5 Å². The van der Waals surface area contributed by atoms with Crippen LogP contribution in [-0.2, 0) is 4.79 Å². The number of carbonyl (C=O) groups is 2. The highest BCUT2D eigenvalue weighted by Gasteiger charge is 2.33. The molecule has 0 saturated carbocycles. The van der Waals surface area contributed by atoms with Crippen molar-refractivity contribution in [1.82, 2.24) is 4.98 Å². The first-order valence-electron chi connectivity index (χ1n) is 6.86. The van der Waals surface area contributed by atoms with Gasteiger partial charge < -0.3 is 0 Å². The second kappa shape index (κ2) is 6.44. The van der Waals surface area contributed by atoms with Crippen molar-refractivity contribution in [3.63, 3.8) is 0 Å². The Balaban J connectivity index is 1.95. The lowest BCUT2D eigenvalue weighted by atomic mass is 10.1. The Kier molecular flexibility index (Phi) is 4.36. The maximum absolute atomic E-state index is 12.6. The molecule has 2 aromatic rings. The summed E-state index contributed by atoms with van der Waals surface area (Å²) in [5.74, 6) is -0.257. The van der Waals surface area contributed by atoms with Crippen LogP contribution in [0.2, 0.25) is 0 Å². The smallest absolute Gasteiger partial charge is 0.270 e. The molecule has 2 heterocycles. The summed E-state index contributed by atoms with van der Waals surface area (Å²) in [6, 6.07) is 12.4. The summed E-state index contributed by atoms with van der Waals surface area (Å²) in [4.78, 5) is 30.3. The largest absolute Gasteiger partial charge is 0.295 e. The molecule has 1 aliphatic rings. The summed E-state index contributed by atoms with van der Waals surface area (Å²) in [7, 11) is 0. The number of hydrogen-bond acceptors (Lipinski definition) is 5. The lowest BCUT2D eigenvalue weighted by Gasteiger charge is -2.15. The van der Waals surface area contributed by atoms with Gasteiger partial charge in [0.05, 0.1) is 16.3 Å². The van der Waals surface area contributed by atoms with Crippen molar-refractivity contribution in [1.29, 1.82) is 0 Å². The van der Waals surface area contributed by atoms with Gasteiger partial charge in [-0.1, -0.05) is 42.2 Å². The summed E-state index contributed by atoms with van der Waals surface area (Å²) in [6.07, 6.45) is 3.39. The molecule has 0 spiro atoms. The minimum absolute atomic E-state index is 0.0543. The van der Waals surface area contributed by atoms with E-state index in [-0.39, 0.29) is 11.7 Å². The molecule has 4 nitrogen and oxygen atoms in total. The fourth-order valence-electron chi connectivity index (χ4n) is 2.15. The first kappa shape index (κ1) is 15.6. The zero-order valence-corrected chi connectivity index (χ0v) is 13.9. The molecule has 1 aromatic heterocycles. The van der Waals surface area contributed by atoms with Crippen molar-refractivity contribution in [3.8, 4) is 0 Å². The molecule has 1 saturated heterocycles. The molecule has 0 atom stereocenters. The molecule has 1 aromatic carbocycles. The van der Waals surface area contributed by atoms with Gasteiger partial charge in [0, 0.05) is 11.8 Å². The molecule has 1 fully saturated rings. The Bertz CT molecular complexity index is 831. The van der Waals surface area contributed by atoms with Gasteiger partial charge in [-0.25, -0.2) is 0 Å². The molecular formula is C17H12N2O2S2. The van der Waals surface area contributed by atoms with Crippen molar-refractivity contribution < 1.29 is 9.59 Å². The highest BCUT2D eigenvalue weighted by atomic mass is 32.2. The van der Waals surface area contributed by atoms with Crippen LogP contribution in [-0.4, -0.2) is 21.0 Å². The number of amides is 1. The zero-order valence-electron chi connectivity index (χ0n) is 12.2. The molecule has 0 unspecified atom stereocenters. The number of pyridine rings is 1. The van der Waals surface area contributed by atoms with E-state index in [1.165, 1.54) is 23.6 Å². The highest BCUT2D eigenvalue weighted by Crippen LogP contribution is 2.36. The van der Waals surface area contributed by atoms with Gasteiger partial charge in [0.25, 0.3) is 5.91 Å². The van der Waals surface area contributed by atoms with Crippen LogP contribution in [0.5, 0.6) is 0 Å². The third-order valence-corrected chi connectivity index (χ3v) is 4.57. The normalized spacial score (nSPS) is 16.2. The van der Waals surface area contributed by atoms with Crippen molar-refractivity contribution >= 4 is 51.8 Å². The van der Waals surface area contributed by atoms with Gasteiger partial charge >= 0.3 is 0 Å². The maximum Gasteiger partial charge on any atom is 0.270 e. The van der Waals surface area contributed by atoms with Crippen LogP contribution < -0.4 is 4.90 Å². The molecule has 1 amide bonds. The standard InChI is InChI=1S/C17H12N2O2S2/c1-11(20)12-5-4-7-14(9-12)19-16(21)15(23-17(19)22)10-13-6-2-3-8-18-13/h2-10H,1H3/b15-10+. The second-order valence-corrected chi connectivity index (χ2v) is 6.55. The summed E-state index contributed by atoms with van der Waals surface area (Å²) in [5.41, 5.74) is 1.85. The fourth-order valence-corrected chi connectivity index (χ4v) is 3.43. The minimum Gasteiger partial charge on any atom is -0.295 e. The minimum atomic E-state index is -0.202. The Morgan fingerprint density at radius 2 is 2.09 bits per heavy atom. The number of thiocarbonyl (C=S) groups is 1. The quantitative estimate of drug-likeness (QED) is 0.484. The zero-order chi connectivity index (χ0) is 16.4. The van der Waals surface area contributed by atoms with Crippen molar-refractivity contribution in [2.45, 2.75) is 6.92 Å². The van der Waals surface area contributed by atoms with Gasteiger partial charge in [0.1, 0.15) is 0 Å². The molecule has 23 heavy (non-hydrogen) atoms. The Labute approximate surface area is 143 Å². The summed E-state index contributed by atoms with van der Waals surface area (Å²) < 4.78 is 0.442. The van der Waals surface area contributed by atoms with E-state index in [9.17, 15) is 9.59 Å². The number of hydrogen-bond donors (Lipinski definition) is 0. The van der Waals surface area contributed by atoms with E-state index in [1.807, 2.05) is 18.2 Å².